The van der Waals surface area contributed by atoms with E-state index in [0.29, 0.717) is 36.8 Å². The second-order valence-corrected chi connectivity index (χ2v) is 6.69. The molecule has 4 rings (SSSR count). The van der Waals surface area contributed by atoms with Crippen molar-refractivity contribution in [1.29, 1.82) is 0 Å². The Balaban J connectivity index is 1.31. The monoisotopic (exact) mass is 393 g/mol. The lowest BCUT2D eigenvalue weighted by atomic mass is 10.1. The zero-order chi connectivity index (χ0) is 20.1. The lowest BCUT2D eigenvalue weighted by molar-refractivity contribution is 0.0746. The molecule has 0 spiro atoms. The van der Waals surface area contributed by atoms with Crippen LogP contribution in [0.1, 0.15) is 23.1 Å². The van der Waals surface area contributed by atoms with Gasteiger partial charge in [-0.2, -0.15) is 0 Å². The van der Waals surface area contributed by atoms with Crippen LogP contribution in [0.3, 0.4) is 0 Å². The predicted octanol–water partition coefficient (Wildman–Crippen LogP) is 1.63. The predicted molar refractivity (Wildman–Crippen MR) is 107 cm³/mol. The number of hydrogen-bond acceptors (Lipinski definition) is 7. The zero-order valence-electron chi connectivity index (χ0n) is 16.3. The van der Waals surface area contributed by atoms with Gasteiger partial charge in [-0.3, -0.25) is 4.79 Å². The van der Waals surface area contributed by atoms with Crippen LogP contribution >= 0.6 is 0 Å². The van der Waals surface area contributed by atoms with Crippen LogP contribution in [0, 0.1) is 0 Å². The lowest BCUT2D eigenvalue weighted by Gasteiger charge is -2.35. The van der Waals surface area contributed by atoms with E-state index in [0.717, 1.165) is 18.9 Å². The standard InChI is InChI=1S/C20H23N7O2/c1-2-27-19(22-23-24-27)15-29-17-8-6-16(7-9-17)20(28)26-13-11-25(12-14-26)18-5-3-4-10-21-18/h3-10H,2,11-15H2,1H3. The van der Waals surface area contributed by atoms with Crippen molar-refractivity contribution in [1.82, 2.24) is 30.1 Å². The number of tetrazole rings is 1. The maximum Gasteiger partial charge on any atom is 0.253 e. The van der Waals surface area contributed by atoms with E-state index < -0.39 is 0 Å². The quantitative estimate of drug-likeness (QED) is 0.629. The van der Waals surface area contributed by atoms with Gasteiger partial charge in [0.25, 0.3) is 5.91 Å². The Kier molecular flexibility index (Phi) is 5.64. The summed E-state index contributed by atoms with van der Waals surface area (Å²) in [6, 6.07) is 13.1. The van der Waals surface area contributed by atoms with Crippen LogP contribution in [-0.4, -0.2) is 62.2 Å². The number of benzene rings is 1. The molecule has 9 nitrogen and oxygen atoms in total. The molecule has 0 unspecified atom stereocenters. The Morgan fingerprint density at radius 2 is 1.86 bits per heavy atom. The highest BCUT2D eigenvalue weighted by Gasteiger charge is 2.22. The number of amides is 1. The Hall–Kier alpha value is -3.49. The molecule has 1 aliphatic heterocycles. The van der Waals surface area contributed by atoms with E-state index in [1.165, 1.54) is 0 Å². The molecule has 0 saturated carbocycles. The molecule has 0 bridgehead atoms. The number of rotatable bonds is 6. The number of aromatic nitrogens is 5. The minimum absolute atomic E-state index is 0.0344. The van der Waals surface area contributed by atoms with E-state index in [2.05, 4.69) is 25.4 Å². The second kappa shape index (κ2) is 8.68. The van der Waals surface area contributed by atoms with Crippen molar-refractivity contribution in [2.45, 2.75) is 20.1 Å². The Morgan fingerprint density at radius 1 is 1.07 bits per heavy atom. The maximum absolute atomic E-state index is 12.8. The number of carbonyl (C=O) groups excluding carboxylic acids is 1. The smallest absolute Gasteiger partial charge is 0.253 e. The van der Waals surface area contributed by atoms with Crippen LogP contribution in [0.5, 0.6) is 5.75 Å². The van der Waals surface area contributed by atoms with Crippen molar-refractivity contribution < 1.29 is 9.53 Å². The molecule has 3 heterocycles. The third kappa shape index (κ3) is 4.34. The number of pyridine rings is 1. The van der Waals surface area contributed by atoms with Crippen molar-refractivity contribution in [3.63, 3.8) is 0 Å². The molecule has 9 heteroatoms. The number of carbonyl (C=O) groups is 1. The molecule has 1 amide bonds. The van der Waals surface area contributed by atoms with E-state index in [9.17, 15) is 4.79 Å². The molecule has 0 radical (unpaired) electrons. The summed E-state index contributed by atoms with van der Waals surface area (Å²) in [6.07, 6.45) is 1.79. The number of hydrogen-bond donors (Lipinski definition) is 0. The van der Waals surface area contributed by atoms with E-state index in [1.54, 1.807) is 35.1 Å². The van der Waals surface area contributed by atoms with Crippen molar-refractivity contribution in [3.05, 3.63) is 60.0 Å². The average molecular weight is 393 g/mol. The topological polar surface area (TPSA) is 89.3 Å². The molecular formula is C20H23N7O2. The fourth-order valence-electron chi connectivity index (χ4n) is 3.28. The number of nitrogens with zero attached hydrogens (tertiary/aromatic N) is 7. The second-order valence-electron chi connectivity index (χ2n) is 6.69. The fraction of sp³-hybridized carbons (Fsp3) is 0.350. The molecule has 1 aliphatic rings. The highest BCUT2D eigenvalue weighted by molar-refractivity contribution is 5.94. The summed E-state index contributed by atoms with van der Waals surface area (Å²) in [7, 11) is 0. The van der Waals surface area contributed by atoms with E-state index in [1.807, 2.05) is 30.0 Å². The van der Waals surface area contributed by atoms with Gasteiger partial charge in [0.15, 0.2) is 5.82 Å². The van der Waals surface area contributed by atoms with E-state index >= 15 is 0 Å². The third-order valence-corrected chi connectivity index (χ3v) is 4.91. The molecular weight excluding hydrogens is 370 g/mol. The summed E-state index contributed by atoms with van der Waals surface area (Å²) in [6.45, 7) is 5.83. The molecule has 29 heavy (non-hydrogen) atoms. The summed E-state index contributed by atoms with van der Waals surface area (Å²) < 4.78 is 7.42. The van der Waals surface area contributed by atoms with Crippen LogP contribution in [-0.2, 0) is 13.2 Å². The first kappa shape index (κ1) is 18.9. The minimum Gasteiger partial charge on any atom is -0.486 e. The number of aryl methyl sites for hydroxylation is 1. The first-order valence-corrected chi connectivity index (χ1v) is 9.67. The lowest BCUT2D eigenvalue weighted by Crippen LogP contribution is -2.49. The van der Waals surface area contributed by atoms with Gasteiger partial charge in [-0.1, -0.05) is 6.07 Å². The van der Waals surface area contributed by atoms with Gasteiger partial charge >= 0.3 is 0 Å². The van der Waals surface area contributed by atoms with Crippen LogP contribution < -0.4 is 9.64 Å². The maximum atomic E-state index is 12.8. The van der Waals surface area contributed by atoms with Gasteiger partial charge in [0, 0.05) is 44.5 Å². The first-order chi connectivity index (χ1) is 14.2. The Morgan fingerprint density at radius 3 is 2.55 bits per heavy atom. The summed E-state index contributed by atoms with van der Waals surface area (Å²) in [5.41, 5.74) is 0.655. The molecule has 3 aromatic rings. The first-order valence-electron chi connectivity index (χ1n) is 9.67. The van der Waals surface area contributed by atoms with Crippen LogP contribution in [0.2, 0.25) is 0 Å². The van der Waals surface area contributed by atoms with E-state index in [4.69, 9.17) is 4.74 Å². The molecule has 1 fully saturated rings. The summed E-state index contributed by atoms with van der Waals surface area (Å²) in [5, 5.41) is 11.5. The number of piperazine rings is 1. The van der Waals surface area contributed by atoms with Crippen molar-refractivity contribution >= 4 is 11.7 Å². The van der Waals surface area contributed by atoms with Gasteiger partial charge in [-0.25, -0.2) is 9.67 Å². The zero-order valence-corrected chi connectivity index (χ0v) is 16.3. The Bertz CT molecular complexity index is 935. The minimum atomic E-state index is 0.0344. The SMILES string of the molecule is CCn1nnnc1COc1ccc(C(=O)N2CCN(c3ccccn3)CC2)cc1. The molecule has 1 aromatic carbocycles. The van der Waals surface area contributed by atoms with Gasteiger partial charge in [0.2, 0.25) is 0 Å². The molecule has 0 N–H and O–H groups in total. The van der Waals surface area contributed by atoms with Gasteiger partial charge < -0.3 is 14.5 Å². The highest BCUT2D eigenvalue weighted by Crippen LogP contribution is 2.17. The molecule has 150 valence electrons. The van der Waals surface area contributed by atoms with Crippen molar-refractivity contribution in [3.8, 4) is 5.75 Å². The molecule has 2 aromatic heterocycles. The van der Waals surface area contributed by atoms with Crippen LogP contribution in [0.15, 0.2) is 48.7 Å². The largest absolute Gasteiger partial charge is 0.486 e. The average Bonchev–Trinajstić information content (AvgIpc) is 3.26. The molecule has 0 atom stereocenters. The van der Waals surface area contributed by atoms with E-state index in [-0.39, 0.29) is 12.5 Å². The van der Waals surface area contributed by atoms with Crippen molar-refractivity contribution in [2.75, 3.05) is 31.1 Å². The normalized spacial score (nSPS) is 14.1. The summed E-state index contributed by atoms with van der Waals surface area (Å²) in [4.78, 5) is 21.3. The van der Waals surface area contributed by atoms with Crippen molar-refractivity contribution in [2.24, 2.45) is 0 Å². The fourth-order valence-corrected chi connectivity index (χ4v) is 3.28. The highest BCUT2D eigenvalue weighted by atomic mass is 16.5. The Labute approximate surface area is 168 Å². The van der Waals surface area contributed by atoms with Gasteiger partial charge in [-0.05, 0) is 53.7 Å². The van der Waals surface area contributed by atoms with Gasteiger partial charge in [-0.15, -0.1) is 5.10 Å². The third-order valence-electron chi connectivity index (χ3n) is 4.91. The summed E-state index contributed by atoms with van der Waals surface area (Å²) in [5.74, 6) is 2.33. The van der Waals surface area contributed by atoms with Crippen LogP contribution in [0.4, 0.5) is 5.82 Å². The summed E-state index contributed by atoms with van der Waals surface area (Å²) >= 11 is 0. The van der Waals surface area contributed by atoms with Gasteiger partial charge in [0.1, 0.15) is 18.2 Å². The molecule has 0 aliphatic carbocycles. The van der Waals surface area contributed by atoms with Crippen LogP contribution in [0.25, 0.3) is 0 Å². The number of ether oxygens (including phenoxy) is 1. The van der Waals surface area contributed by atoms with Gasteiger partial charge in [0.05, 0.1) is 0 Å². The number of anilines is 1. The molecule has 1 saturated heterocycles.